The van der Waals surface area contributed by atoms with Crippen LogP contribution in [-0.2, 0) is 6.54 Å². The van der Waals surface area contributed by atoms with E-state index in [0.29, 0.717) is 24.6 Å². The van der Waals surface area contributed by atoms with Crippen molar-refractivity contribution in [3.63, 3.8) is 0 Å². The molecule has 88 valence electrons. The second kappa shape index (κ2) is 5.11. The predicted octanol–water partition coefficient (Wildman–Crippen LogP) is 0.290. The van der Waals surface area contributed by atoms with Gasteiger partial charge in [0.2, 0.25) is 0 Å². The van der Waals surface area contributed by atoms with E-state index in [2.05, 4.69) is 15.4 Å². The van der Waals surface area contributed by atoms with Crippen molar-refractivity contribution in [1.82, 2.24) is 20.1 Å². The van der Waals surface area contributed by atoms with E-state index >= 15 is 0 Å². The molecule has 6 heteroatoms. The van der Waals surface area contributed by atoms with Gasteiger partial charge in [0.1, 0.15) is 11.5 Å². The number of nitrogens with one attached hydrogen (secondary N) is 1. The van der Waals surface area contributed by atoms with Gasteiger partial charge >= 0.3 is 0 Å². The van der Waals surface area contributed by atoms with E-state index in [4.69, 9.17) is 5.73 Å². The van der Waals surface area contributed by atoms with E-state index in [9.17, 15) is 4.79 Å². The van der Waals surface area contributed by atoms with Crippen LogP contribution in [0.25, 0.3) is 0 Å². The first-order valence-electron chi connectivity index (χ1n) is 5.24. The summed E-state index contributed by atoms with van der Waals surface area (Å²) < 4.78 is 1.74. The summed E-state index contributed by atoms with van der Waals surface area (Å²) >= 11 is 0. The molecule has 0 aromatic carbocycles. The first-order valence-corrected chi connectivity index (χ1v) is 5.24. The quantitative estimate of drug-likeness (QED) is 0.792. The molecule has 0 unspecified atom stereocenters. The molecule has 3 N–H and O–H groups in total. The van der Waals surface area contributed by atoms with Gasteiger partial charge < -0.3 is 11.1 Å². The molecule has 0 bridgehead atoms. The minimum atomic E-state index is -0.232. The van der Waals surface area contributed by atoms with Crippen molar-refractivity contribution in [1.29, 1.82) is 0 Å². The molecule has 0 radical (unpaired) electrons. The molecule has 0 atom stereocenters. The lowest BCUT2D eigenvalue weighted by Gasteiger charge is -2.05. The van der Waals surface area contributed by atoms with Crippen LogP contribution in [0, 0.1) is 0 Å². The SMILES string of the molecule is Nc1cccc(C(=O)NCCn2cccn2)n1. The Morgan fingerprint density at radius 3 is 3.00 bits per heavy atom. The first-order chi connectivity index (χ1) is 8.25. The fourth-order valence-corrected chi connectivity index (χ4v) is 1.39. The van der Waals surface area contributed by atoms with Gasteiger partial charge in [-0.15, -0.1) is 0 Å². The maximum Gasteiger partial charge on any atom is 0.270 e. The summed E-state index contributed by atoms with van der Waals surface area (Å²) in [7, 11) is 0. The average molecular weight is 231 g/mol. The van der Waals surface area contributed by atoms with E-state index in [1.165, 1.54) is 0 Å². The van der Waals surface area contributed by atoms with Crippen LogP contribution < -0.4 is 11.1 Å². The highest BCUT2D eigenvalue weighted by Gasteiger charge is 2.06. The summed E-state index contributed by atoms with van der Waals surface area (Å²) in [5.74, 6) is 0.106. The van der Waals surface area contributed by atoms with E-state index in [0.717, 1.165) is 0 Å². The third-order valence-corrected chi connectivity index (χ3v) is 2.19. The zero-order chi connectivity index (χ0) is 12.1. The van der Waals surface area contributed by atoms with Crippen LogP contribution in [0.15, 0.2) is 36.7 Å². The van der Waals surface area contributed by atoms with E-state index in [1.54, 1.807) is 29.1 Å². The van der Waals surface area contributed by atoms with Crippen molar-refractivity contribution in [3.8, 4) is 0 Å². The van der Waals surface area contributed by atoms with Gasteiger partial charge in [0.15, 0.2) is 0 Å². The second-order valence-corrected chi connectivity index (χ2v) is 3.47. The van der Waals surface area contributed by atoms with Crippen LogP contribution >= 0.6 is 0 Å². The smallest absolute Gasteiger partial charge is 0.270 e. The van der Waals surface area contributed by atoms with Crippen molar-refractivity contribution in [2.45, 2.75) is 6.54 Å². The van der Waals surface area contributed by atoms with Crippen molar-refractivity contribution in [3.05, 3.63) is 42.4 Å². The molecule has 0 aliphatic rings. The molecular weight excluding hydrogens is 218 g/mol. The monoisotopic (exact) mass is 231 g/mol. The number of carbonyl (C=O) groups excluding carboxylic acids is 1. The lowest BCUT2D eigenvalue weighted by molar-refractivity contribution is 0.0947. The lowest BCUT2D eigenvalue weighted by Crippen LogP contribution is -2.28. The molecule has 0 aliphatic carbocycles. The zero-order valence-electron chi connectivity index (χ0n) is 9.21. The first kappa shape index (κ1) is 11.1. The van der Waals surface area contributed by atoms with Gasteiger partial charge in [-0.25, -0.2) is 4.98 Å². The number of pyridine rings is 1. The van der Waals surface area contributed by atoms with Crippen molar-refractivity contribution >= 4 is 11.7 Å². The number of hydrogen-bond acceptors (Lipinski definition) is 4. The molecular formula is C11H13N5O. The molecule has 0 aliphatic heterocycles. The summed E-state index contributed by atoms with van der Waals surface area (Å²) in [6, 6.07) is 6.80. The van der Waals surface area contributed by atoms with E-state index < -0.39 is 0 Å². The molecule has 0 saturated heterocycles. The minimum absolute atomic E-state index is 0.232. The minimum Gasteiger partial charge on any atom is -0.384 e. The predicted molar refractivity (Wildman–Crippen MR) is 63.2 cm³/mol. The molecule has 0 saturated carbocycles. The standard InChI is InChI=1S/C11H13N5O/c12-10-4-1-3-9(15-10)11(17)13-6-8-16-7-2-5-14-16/h1-5,7H,6,8H2,(H2,12,15)(H,13,17). The number of amides is 1. The van der Waals surface area contributed by atoms with Crippen LogP contribution in [0.3, 0.4) is 0 Å². The van der Waals surface area contributed by atoms with Gasteiger partial charge in [-0.2, -0.15) is 5.10 Å². The van der Waals surface area contributed by atoms with Crippen molar-refractivity contribution in [2.24, 2.45) is 0 Å². The van der Waals surface area contributed by atoms with Crippen LogP contribution in [-0.4, -0.2) is 27.2 Å². The van der Waals surface area contributed by atoms with Crippen LogP contribution in [0.1, 0.15) is 10.5 Å². The molecule has 2 aromatic rings. The van der Waals surface area contributed by atoms with Gasteiger partial charge in [-0.1, -0.05) is 6.07 Å². The van der Waals surface area contributed by atoms with Gasteiger partial charge in [0, 0.05) is 18.9 Å². The third kappa shape index (κ3) is 3.04. The van der Waals surface area contributed by atoms with Crippen LogP contribution in [0.5, 0.6) is 0 Å². The Balaban J connectivity index is 1.85. The Morgan fingerprint density at radius 1 is 1.41 bits per heavy atom. The lowest BCUT2D eigenvalue weighted by atomic mass is 10.3. The molecule has 1 amide bonds. The Labute approximate surface area is 98.5 Å². The van der Waals surface area contributed by atoms with Crippen LogP contribution in [0.4, 0.5) is 5.82 Å². The number of aromatic nitrogens is 3. The molecule has 2 aromatic heterocycles. The number of carbonyl (C=O) groups is 1. The van der Waals surface area contributed by atoms with Crippen molar-refractivity contribution in [2.75, 3.05) is 12.3 Å². The summed E-state index contributed by atoms with van der Waals surface area (Å²) in [5.41, 5.74) is 5.82. The number of hydrogen-bond donors (Lipinski definition) is 2. The number of nitrogen functional groups attached to an aromatic ring is 1. The largest absolute Gasteiger partial charge is 0.384 e. The Bertz CT molecular complexity index is 494. The molecule has 0 spiro atoms. The highest BCUT2D eigenvalue weighted by molar-refractivity contribution is 5.92. The summed E-state index contributed by atoms with van der Waals surface area (Å²) in [6.45, 7) is 1.12. The fraction of sp³-hybridized carbons (Fsp3) is 0.182. The van der Waals surface area contributed by atoms with Gasteiger partial charge in [0.25, 0.3) is 5.91 Å². The number of anilines is 1. The highest BCUT2D eigenvalue weighted by atomic mass is 16.1. The maximum absolute atomic E-state index is 11.7. The van der Waals surface area contributed by atoms with E-state index in [-0.39, 0.29) is 5.91 Å². The highest BCUT2D eigenvalue weighted by Crippen LogP contribution is 1.99. The number of nitrogens with zero attached hydrogens (tertiary/aromatic N) is 3. The van der Waals surface area contributed by atoms with Gasteiger partial charge in [-0.3, -0.25) is 9.48 Å². The Morgan fingerprint density at radius 2 is 2.29 bits per heavy atom. The Kier molecular flexibility index (Phi) is 3.34. The van der Waals surface area contributed by atoms with Gasteiger partial charge in [-0.05, 0) is 18.2 Å². The summed E-state index contributed by atoms with van der Waals surface area (Å²) in [6.07, 6.45) is 3.53. The third-order valence-electron chi connectivity index (χ3n) is 2.19. The molecule has 6 nitrogen and oxygen atoms in total. The zero-order valence-corrected chi connectivity index (χ0v) is 9.21. The maximum atomic E-state index is 11.7. The molecule has 2 heterocycles. The summed E-state index contributed by atoms with van der Waals surface area (Å²) in [4.78, 5) is 15.6. The average Bonchev–Trinajstić information content (AvgIpc) is 2.82. The molecule has 17 heavy (non-hydrogen) atoms. The number of nitrogens with two attached hydrogens (primary N) is 1. The number of rotatable bonds is 4. The topological polar surface area (TPSA) is 85.8 Å². The Hall–Kier alpha value is -2.37. The van der Waals surface area contributed by atoms with Crippen LogP contribution in [0.2, 0.25) is 0 Å². The van der Waals surface area contributed by atoms with Gasteiger partial charge in [0.05, 0.1) is 6.54 Å². The molecule has 2 rings (SSSR count). The molecule has 0 fully saturated rings. The normalized spacial score (nSPS) is 10.1. The van der Waals surface area contributed by atoms with Crippen molar-refractivity contribution < 1.29 is 4.79 Å². The fourth-order valence-electron chi connectivity index (χ4n) is 1.39. The second-order valence-electron chi connectivity index (χ2n) is 3.47. The summed E-state index contributed by atoms with van der Waals surface area (Å²) in [5, 5.41) is 6.78. The van der Waals surface area contributed by atoms with E-state index in [1.807, 2.05) is 12.3 Å².